The van der Waals surface area contributed by atoms with Crippen LogP contribution in [-0.2, 0) is 0 Å². The number of anilines is 1. The Hall–Kier alpha value is -2.14. The van der Waals surface area contributed by atoms with Crippen LogP contribution in [-0.4, -0.2) is 29.9 Å². The maximum atomic E-state index is 12.7. The first-order chi connectivity index (χ1) is 11.9. The van der Waals surface area contributed by atoms with Crippen LogP contribution in [0.2, 0.25) is 0 Å². The normalized spacial score (nSPS) is 16.0. The van der Waals surface area contributed by atoms with Crippen molar-refractivity contribution in [3.05, 3.63) is 48.0 Å². The molecule has 0 heterocycles. The third-order valence-corrected chi connectivity index (χ3v) is 3.70. The predicted octanol–water partition coefficient (Wildman–Crippen LogP) is 2.83. The van der Waals surface area contributed by atoms with E-state index in [1.54, 1.807) is 24.3 Å². The third-order valence-electron chi connectivity index (χ3n) is 2.54. The fraction of sp³-hybridized carbons (Fsp3) is 0.133. The quantitative estimate of drug-likeness (QED) is 0.854. The maximum absolute atomic E-state index is 12.7. The van der Waals surface area contributed by atoms with Gasteiger partial charge in [-0.25, -0.2) is 0 Å². The zero-order chi connectivity index (χ0) is 19.7. The topological polar surface area (TPSA) is 66.6 Å². The van der Waals surface area contributed by atoms with E-state index < -0.39 is 19.9 Å². The van der Waals surface area contributed by atoms with Gasteiger partial charge < -0.3 is 15.7 Å². The lowest BCUT2D eigenvalue weighted by Gasteiger charge is -2.14. The summed E-state index contributed by atoms with van der Waals surface area (Å²) in [5.74, 6) is -1.53. The lowest BCUT2D eigenvalue weighted by atomic mass is 10.2. The first-order valence-electron chi connectivity index (χ1n) is 8.61. The van der Waals surface area contributed by atoms with Crippen LogP contribution in [0.15, 0.2) is 52.3 Å². The fourth-order valence-corrected chi connectivity index (χ4v) is 2.55. The van der Waals surface area contributed by atoms with Gasteiger partial charge in [-0.1, -0.05) is 23.9 Å². The van der Waals surface area contributed by atoms with E-state index in [1.807, 2.05) is 0 Å². The van der Waals surface area contributed by atoms with Crippen molar-refractivity contribution in [2.24, 2.45) is 0 Å². The Labute approximate surface area is 130 Å². The van der Waals surface area contributed by atoms with Crippen LogP contribution in [0.4, 0.5) is 5.69 Å². The summed E-state index contributed by atoms with van der Waals surface area (Å²) in [7, 11) is 0. The molecule has 0 saturated heterocycles. The van der Waals surface area contributed by atoms with Crippen molar-refractivity contribution >= 4 is 23.4 Å². The number of carbonyl (C=O) groups is 1. The molecule has 0 fully saturated rings. The van der Waals surface area contributed by atoms with Crippen molar-refractivity contribution in [1.82, 2.24) is 4.90 Å². The van der Waals surface area contributed by atoms with Gasteiger partial charge in [0.1, 0.15) is 5.75 Å². The van der Waals surface area contributed by atoms with Crippen LogP contribution in [0.3, 0.4) is 0 Å². The molecule has 0 unspecified atom stereocenters. The smallest absolute Gasteiger partial charge is 0.254 e. The minimum Gasteiger partial charge on any atom is -0.508 e. The summed E-state index contributed by atoms with van der Waals surface area (Å²) >= 11 is 1.07. The Kier molecular flexibility index (Phi) is 2.41. The van der Waals surface area contributed by atoms with Gasteiger partial charge in [0.05, 0.1) is 5.56 Å². The summed E-state index contributed by atoms with van der Waals surface area (Å²) in [6.45, 7) is -6.36. The second-order valence-electron chi connectivity index (χ2n) is 3.96. The molecule has 0 aliphatic heterocycles. The number of nitrogens with zero attached hydrogens (tertiary/aromatic N) is 1. The number of para-hydroxylation sites is 1. The number of benzene rings is 2. The largest absolute Gasteiger partial charge is 0.508 e. The highest BCUT2D eigenvalue weighted by Gasteiger charge is 2.15. The molecule has 0 atom stereocenters. The molecule has 0 aliphatic rings. The molecular formula is C15H16N2O2S. The molecule has 0 aliphatic carbocycles. The molecule has 0 radical (unpaired) electrons. The lowest BCUT2D eigenvalue weighted by molar-refractivity contribution is 0.0824. The Morgan fingerprint density at radius 3 is 2.70 bits per heavy atom. The molecule has 2 aromatic rings. The van der Waals surface area contributed by atoms with Gasteiger partial charge in [0, 0.05) is 37.7 Å². The molecule has 2 aromatic carbocycles. The summed E-state index contributed by atoms with van der Waals surface area (Å²) in [6.07, 6.45) is 0. The van der Waals surface area contributed by atoms with Crippen molar-refractivity contribution in [1.29, 1.82) is 0 Å². The van der Waals surface area contributed by atoms with E-state index in [0.717, 1.165) is 17.8 Å². The van der Waals surface area contributed by atoms with Gasteiger partial charge in [0.15, 0.2) is 0 Å². The second kappa shape index (κ2) is 5.88. The number of phenols is 1. The third kappa shape index (κ3) is 3.05. The Balaban J connectivity index is 2.53. The minimum atomic E-state index is -3.18. The van der Waals surface area contributed by atoms with E-state index in [0.29, 0.717) is 10.6 Å². The van der Waals surface area contributed by atoms with Gasteiger partial charge in [-0.3, -0.25) is 4.79 Å². The van der Waals surface area contributed by atoms with Gasteiger partial charge in [0.25, 0.3) is 5.91 Å². The standard InChI is InChI=1S/C15H16N2O2S/c1-17(2)15(19)11-9-10(18)7-8-13(11)20-14-6-4-3-5-12(14)16/h3-9,18H,16H2,1-2H3/i1D3,2D3. The number of hydrogen-bond donors (Lipinski definition) is 2. The zero-order valence-electron chi connectivity index (χ0n) is 16.3. The monoisotopic (exact) mass is 294 g/mol. The van der Waals surface area contributed by atoms with E-state index in [2.05, 4.69) is 0 Å². The molecular weight excluding hydrogens is 272 g/mol. The van der Waals surface area contributed by atoms with Crippen LogP contribution in [0.1, 0.15) is 18.6 Å². The molecule has 104 valence electrons. The average molecular weight is 294 g/mol. The highest BCUT2D eigenvalue weighted by Crippen LogP contribution is 2.35. The summed E-state index contributed by atoms with van der Waals surface area (Å²) in [4.78, 5) is 13.5. The van der Waals surface area contributed by atoms with Gasteiger partial charge in [-0.2, -0.15) is 0 Å². The number of rotatable bonds is 3. The summed E-state index contributed by atoms with van der Waals surface area (Å²) in [5.41, 5.74) is 6.07. The van der Waals surface area contributed by atoms with Crippen LogP contribution < -0.4 is 5.73 Å². The predicted molar refractivity (Wildman–Crippen MR) is 81.1 cm³/mol. The second-order valence-corrected chi connectivity index (χ2v) is 5.04. The maximum Gasteiger partial charge on any atom is 0.254 e. The molecule has 0 bridgehead atoms. The van der Waals surface area contributed by atoms with Crippen molar-refractivity contribution in [3.63, 3.8) is 0 Å². The van der Waals surface area contributed by atoms with Crippen LogP contribution in [0.25, 0.3) is 0 Å². The summed E-state index contributed by atoms with van der Waals surface area (Å²) in [6, 6.07) is 10.6. The summed E-state index contributed by atoms with van der Waals surface area (Å²) < 4.78 is 44.4. The molecule has 2 rings (SSSR count). The molecule has 3 N–H and O–H groups in total. The first kappa shape index (κ1) is 8.21. The Bertz CT molecular complexity index is 809. The summed E-state index contributed by atoms with van der Waals surface area (Å²) in [5, 5.41) is 9.71. The van der Waals surface area contributed by atoms with Crippen LogP contribution in [0.5, 0.6) is 5.75 Å². The van der Waals surface area contributed by atoms with Gasteiger partial charge in [-0.15, -0.1) is 0 Å². The zero-order valence-corrected chi connectivity index (χ0v) is 11.1. The number of amides is 1. The number of carbonyl (C=O) groups excluding carboxylic acids is 1. The van der Waals surface area contributed by atoms with Crippen molar-refractivity contribution in [2.45, 2.75) is 9.79 Å². The number of hydrogen-bond acceptors (Lipinski definition) is 4. The van der Waals surface area contributed by atoms with E-state index in [9.17, 15) is 9.90 Å². The molecule has 20 heavy (non-hydrogen) atoms. The van der Waals surface area contributed by atoms with Crippen molar-refractivity contribution in [3.8, 4) is 5.75 Å². The molecule has 5 heteroatoms. The molecule has 0 spiro atoms. The molecule has 0 aromatic heterocycles. The van der Waals surface area contributed by atoms with Crippen molar-refractivity contribution < 1.29 is 18.1 Å². The SMILES string of the molecule is [2H]C([2H])([2H])N(C(=O)c1cc(O)ccc1Sc1ccccc1N)C([2H])([2H])[2H]. The van der Waals surface area contributed by atoms with E-state index in [-0.39, 0.29) is 21.1 Å². The van der Waals surface area contributed by atoms with E-state index >= 15 is 0 Å². The Morgan fingerprint density at radius 2 is 2.00 bits per heavy atom. The highest BCUT2D eigenvalue weighted by atomic mass is 32.2. The van der Waals surface area contributed by atoms with Gasteiger partial charge >= 0.3 is 0 Å². The molecule has 1 amide bonds. The average Bonchev–Trinajstić information content (AvgIpc) is 2.48. The number of nitrogens with two attached hydrogens (primary N) is 1. The molecule has 0 saturated carbocycles. The van der Waals surface area contributed by atoms with Gasteiger partial charge in [-0.05, 0) is 30.3 Å². The minimum absolute atomic E-state index is 0.146. The number of phenolic OH excluding ortho intramolecular Hbond substituents is 1. The van der Waals surface area contributed by atoms with E-state index in [4.69, 9.17) is 14.0 Å². The highest BCUT2D eigenvalue weighted by molar-refractivity contribution is 7.99. The van der Waals surface area contributed by atoms with E-state index in [1.165, 1.54) is 12.1 Å². The van der Waals surface area contributed by atoms with Gasteiger partial charge in [0.2, 0.25) is 0 Å². The number of aromatic hydroxyl groups is 1. The number of nitrogen functional groups attached to an aromatic ring is 1. The fourth-order valence-electron chi connectivity index (χ4n) is 1.59. The van der Waals surface area contributed by atoms with Crippen molar-refractivity contribution in [2.75, 3.05) is 19.7 Å². The van der Waals surface area contributed by atoms with Crippen LogP contribution >= 0.6 is 11.8 Å². The lowest BCUT2D eigenvalue weighted by Crippen LogP contribution is -2.22. The first-order valence-corrected chi connectivity index (χ1v) is 6.43. The molecule has 4 nitrogen and oxygen atoms in total. The Morgan fingerprint density at radius 1 is 1.25 bits per heavy atom. The van der Waals surface area contributed by atoms with Crippen LogP contribution in [0, 0.1) is 0 Å².